The second-order valence-electron chi connectivity index (χ2n) is 7.29. The number of aliphatic hydroxyl groups is 1. The van der Waals surface area contributed by atoms with E-state index >= 15 is 0 Å². The van der Waals surface area contributed by atoms with E-state index in [-0.39, 0.29) is 12.1 Å². The number of allylic oxidation sites excluding steroid dienone is 2. The van der Waals surface area contributed by atoms with Gasteiger partial charge in [0.05, 0.1) is 23.9 Å². The van der Waals surface area contributed by atoms with Crippen LogP contribution in [0.15, 0.2) is 86.2 Å². The molecule has 1 heterocycles. The third kappa shape index (κ3) is 5.90. The molecule has 0 aliphatic carbocycles. The minimum absolute atomic E-state index is 0.122. The van der Waals surface area contributed by atoms with E-state index in [1.165, 1.54) is 70.5 Å². The van der Waals surface area contributed by atoms with Crippen LogP contribution in [0.4, 0.5) is 17.6 Å². The van der Waals surface area contributed by atoms with Crippen molar-refractivity contribution in [1.29, 1.82) is 0 Å². The lowest BCUT2D eigenvalue weighted by Crippen LogP contribution is -2.50. The molecule has 182 valence electrons. The van der Waals surface area contributed by atoms with E-state index in [0.29, 0.717) is 23.0 Å². The second kappa shape index (κ2) is 11.6. The molecule has 0 fully saturated rings. The molecule has 0 aliphatic heterocycles. The van der Waals surface area contributed by atoms with E-state index in [4.69, 9.17) is 5.21 Å². The zero-order valence-electron chi connectivity index (χ0n) is 18.4. The first-order valence-electron chi connectivity index (χ1n) is 10.2. The molecule has 34 heavy (non-hydrogen) atoms. The first-order chi connectivity index (χ1) is 16.2. The summed E-state index contributed by atoms with van der Waals surface area (Å²) >= 11 is 0. The van der Waals surface area contributed by atoms with Crippen LogP contribution in [0.2, 0.25) is 0 Å². The van der Waals surface area contributed by atoms with Crippen molar-refractivity contribution in [3.8, 4) is 5.69 Å². The normalized spacial score (nSPS) is 13.3. The van der Waals surface area contributed by atoms with E-state index in [9.17, 15) is 22.7 Å². The van der Waals surface area contributed by atoms with E-state index in [0.717, 1.165) is 0 Å². The molecular formula is C24H27F4N4O2+. The summed E-state index contributed by atoms with van der Waals surface area (Å²) in [5.74, 6) is 1.84. The van der Waals surface area contributed by atoms with E-state index in [2.05, 4.69) is 24.2 Å². The molecule has 0 spiro atoms. The van der Waals surface area contributed by atoms with Crippen LogP contribution in [0.3, 0.4) is 0 Å². The van der Waals surface area contributed by atoms with Crippen LogP contribution in [0.1, 0.15) is 12.0 Å². The maximum Gasteiger partial charge on any atom is 0.423 e. The smallest absolute Gasteiger partial charge is 0.375 e. The summed E-state index contributed by atoms with van der Waals surface area (Å²) in [6.45, 7) is 6.56. The van der Waals surface area contributed by atoms with Crippen LogP contribution in [-0.2, 0) is 5.60 Å². The first kappa shape index (κ1) is 26.8. The van der Waals surface area contributed by atoms with Gasteiger partial charge in [-0.3, -0.25) is 0 Å². The van der Waals surface area contributed by atoms with Gasteiger partial charge < -0.3 is 10.0 Å². The van der Waals surface area contributed by atoms with Crippen molar-refractivity contribution in [1.82, 2.24) is 14.7 Å². The Bertz CT molecular complexity index is 1130. The van der Waals surface area contributed by atoms with E-state index in [1.807, 2.05) is 0 Å². The number of hydrogen-bond acceptors (Lipinski definition) is 4. The Morgan fingerprint density at radius 1 is 1.06 bits per heavy atom. The lowest BCUT2D eigenvalue weighted by Gasteiger charge is -2.35. The summed E-state index contributed by atoms with van der Waals surface area (Å²) in [5.41, 5.74) is -2.34. The Kier molecular flexibility index (Phi) is 9.13. The molecule has 1 aromatic heterocycles. The highest BCUT2D eigenvalue weighted by Gasteiger charge is 2.55. The van der Waals surface area contributed by atoms with Crippen LogP contribution < -0.4 is 5.90 Å². The summed E-state index contributed by atoms with van der Waals surface area (Å²) in [7, 11) is 0. The van der Waals surface area contributed by atoms with Crippen molar-refractivity contribution in [2.75, 3.05) is 13.1 Å². The summed E-state index contributed by atoms with van der Waals surface area (Å²) in [6, 6.07) is 9.55. The molecule has 5 N–H and O–H groups in total. The number of alkyl halides is 3. The Balaban J connectivity index is 0.00000199. The minimum Gasteiger partial charge on any atom is -0.375 e. The quantitative estimate of drug-likeness (QED) is 0.245. The molecule has 3 aromatic rings. The van der Waals surface area contributed by atoms with Gasteiger partial charge in [-0.25, -0.2) is 20.2 Å². The van der Waals surface area contributed by atoms with Crippen LogP contribution in [0, 0.1) is 5.82 Å². The van der Waals surface area contributed by atoms with Crippen LogP contribution in [0.25, 0.3) is 16.6 Å². The zero-order valence-corrected chi connectivity index (χ0v) is 18.4. The number of fused-ring (bicyclic) bond motifs is 1. The number of hydrogen-bond donors (Lipinski definition) is 3. The largest absolute Gasteiger partial charge is 0.423 e. The molecule has 6 nitrogen and oxygen atoms in total. The van der Waals surface area contributed by atoms with Crippen LogP contribution >= 0.6 is 0 Å². The van der Waals surface area contributed by atoms with E-state index in [1.54, 1.807) is 12.2 Å². The highest BCUT2D eigenvalue weighted by atomic mass is 19.4. The SMILES string of the molecule is C=CC/C=C\N(CC=C)CC(O)(c1ccc2c(cnn2-c2ccc(F)cc2)c1)C(F)(F)F.[NH3+]O. The summed E-state index contributed by atoms with van der Waals surface area (Å²) < 4.78 is 57.0. The lowest BCUT2D eigenvalue weighted by atomic mass is 9.91. The summed E-state index contributed by atoms with van der Waals surface area (Å²) in [4.78, 5) is 1.34. The maximum atomic E-state index is 14.1. The molecule has 0 saturated heterocycles. The maximum absolute atomic E-state index is 14.1. The Labute approximate surface area is 194 Å². The predicted octanol–water partition coefficient (Wildman–Crippen LogP) is 4.11. The van der Waals surface area contributed by atoms with Gasteiger partial charge in [0, 0.05) is 11.9 Å². The Morgan fingerprint density at radius 3 is 2.32 bits per heavy atom. The van der Waals surface area contributed by atoms with Crippen molar-refractivity contribution >= 4 is 10.9 Å². The van der Waals surface area contributed by atoms with Gasteiger partial charge in [-0.1, -0.05) is 24.3 Å². The van der Waals surface area contributed by atoms with Gasteiger partial charge in [0.1, 0.15) is 5.82 Å². The van der Waals surface area contributed by atoms with Crippen molar-refractivity contribution < 1.29 is 33.8 Å². The molecule has 10 heteroatoms. The van der Waals surface area contributed by atoms with Gasteiger partial charge in [-0.2, -0.15) is 18.3 Å². The van der Waals surface area contributed by atoms with Gasteiger partial charge in [-0.15, -0.1) is 13.2 Å². The van der Waals surface area contributed by atoms with Crippen LogP contribution in [-0.4, -0.2) is 44.3 Å². The highest BCUT2D eigenvalue weighted by Crippen LogP contribution is 2.40. The molecule has 0 amide bonds. The van der Waals surface area contributed by atoms with Crippen LogP contribution in [0.5, 0.6) is 0 Å². The number of quaternary nitrogens is 1. The molecule has 0 aliphatic rings. The first-order valence-corrected chi connectivity index (χ1v) is 10.2. The average Bonchev–Trinajstić information content (AvgIpc) is 3.24. The van der Waals surface area contributed by atoms with Crippen molar-refractivity contribution in [2.45, 2.75) is 18.2 Å². The molecule has 0 bridgehead atoms. The average molecular weight is 479 g/mol. The predicted molar refractivity (Wildman–Crippen MR) is 121 cm³/mol. The third-order valence-corrected chi connectivity index (χ3v) is 5.00. The Morgan fingerprint density at radius 2 is 1.74 bits per heavy atom. The topological polar surface area (TPSA) is 89.2 Å². The number of halogens is 4. The molecule has 2 aromatic carbocycles. The van der Waals surface area contributed by atoms with Gasteiger partial charge in [0.15, 0.2) is 0 Å². The number of rotatable bonds is 9. The fourth-order valence-corrected chi connectivity index (χ4v) is 3.37. The van der Waals surface area contributed by atoms with Crippen molar-refractivity contribution in [3.05, 3.63) is 97.6 Å². The zero-order chi connectivity index (χ0) is 25.4. The van der Waals surface area contributed by atoms with Gasteiger partial charge >= 0.3 is 6.18 Å². The standard InChI is InChI=1S/C24H23F4N3O.H4NO/c1-3-5-6-14-30(13-4-2)17-23(32,24(26,27)28)19-7-12-22-18(15-19)16-29-31(22)21-10-8-20(25)9-11-21;1-2/h3-4,6-12,14-16,32H,1-2,5,13,17H2;2H,1H3/q;+1/b14-6-;. The molecule has 0 saturated carbocycles. The van der Waals surface area contributed by atoms with Gasteiger partial charge in [-0.05, 0) is 54.6 Å². The number of benzene rings is 2. The lowest BCUT2D eigenvalue weighted by molar-refractivity contribution is -0.670. The second-order valence-corrected chi connectivity index (χ2v) is 7.29. The molecule has 1 unspecified atom stereocenters. The molecule has 3 rings (SSSR count). The third-order valence-electron chi connectivity index (χ3n) is 5.00. The monoisotopic (exact) mass is 479 g/mol. The summed E-state index contributed by atoms with van der Waals surface area (Å²) in [5, 5.41) is 22.2. The highest BCUT2D eigenvalue weighted by molar-refractivity contribution is 5.81. The fourth-order valence-electron chi connectivity index (χ4n) is 3.37. The molecule has 1 atom stereocenters. The number of aromatic nitrogens is 2. The van der Waals surface area contributed by atoms with E-state index < -0.39 is 24.1 Å². The minimum atomic E-state index is -4.93. The van der Waals surface area contributed by atoms with Crippen molar-refractivity contribution in [2.24, 2.45) is 0 Å². The molecule has 0 radical (unpaired) electrons. The fraction of sp³-hybridized carbons (Fsp3) is 0.208. The number of nitrogens with zero attached hydrogens (tertiary/aromatic N) is 3. The molecular weight excluding hydrogens is 452 g/mol. The van der Waals surface area contributed by atoms with Crippen molar-refractivity contribution in [3.63, 3.8) is 0 Å². The summed E-state index contributed by atoms with van der Waals surface area (Å²) in [6.07, 6.45) is 3.18. The Hall–Kier alpha value is -3.47. The van der Waals surface area contributed by atoms with Gasteiger partial charge in [0.25, 0.3) is 0 Å². The van der Waals surface area contributed by atoms with Gasteiger partial charge in [0.2, 0.25) is 5.60 Å².